The molecule has 0 radical (unpaired) electrons. The average molecular weight is 227 g/mol. The van der Waals surface area contributed by atoms with Crippen LogP contribution in [-0.4, -0.2) is 27.1 Å². The van der Waals surface area contributed by atoms with Gasteiger partial charge in [0.1, 0.15) is 0 Å². The minimum absolute atomic E-state index is 0.00686. The zero-order valence-corrected chi connectivity index (χ0v) is 8.89. The molecule has 7 heteroatoms. The van der Waals surface area contributed by atoms with Crippen LogP contribution < -0.4 is 5.32 Å². The summed E-state index contributed by atoms with van der Waals surface area (Å²) in [6, 6.07) is 0. The molecule has 1 aromatic heterocycles. The van der Waals surface area contributed by atoms with Crippen LogP contribution >= 0.6 is 0 Å². The first-order chi connectivity index (χ1) is 7.58. The van der Waals surface area contributed by atoms with Crippen molar-refractivity contribution < 1.29 is 19.2 Å². The molecule has 7 nitrogen and oxygen atoms in total. The van der Waals surface area contributed by atoms with Gasteiger partial charge in [0.05, 0.1) is 6.54 Å². The fraction of sp³-hybridized carbons (Fsp3) is 0.556. The molecule has 16 heavy (non-hydrogen) atoms. The molecule has 0 spiro atoms. The maximum Gasteiger partial charge on any atom is 0.303 e. The van der Waals surface area contributed by atoms with E-state index in [0.717, 1.165) is 0 Å². The van der Waals surface area contributed by atoms with Crippen LogP contribution in [0.4, 0.5) is 0 Å². The predicted molar refractivity (Wildman–Crippen MR) is 52.4 cm³/mol. The summed E-state index contributed by atoms with van der Waals surface area (Å²) in [5.74, 6) is -0.281. The summed E-state index contributed by atoms with van der Waals surface area (Å²) in [5.41, 5.74) is 0. The Hall–Kier alpha value is -1.92. The van der Waals surface area contributed by atoms with Gasteiger partial charge in [0.2, 0.25) is 11.8 Å². The molecule has 0 atom stereocenters. The number of amides is 1. The number of hydrogen-bond donors (Lipinski definition) is 2. The van der Waals surface area contributed by atoms with Crippen molar-refractivity contribution in [3.05, 3.63) is 11.7 Å². The van der Waals surface area contributed by atoms with Gasteiger partial charge in [-0.05, 0) is 13.3 Å². The number of carboxylic acid groups (broad SMARTS) is 1. The highest BCUT2D eigenvalue weighted by Gasteiger charge is 2.06. The third-order valence-corrected chi connectivity index (χ3v) is 1.80. The van der Waals surface area contributed by atoms with E-state index in [4.69, 9.17) is 9.63 Å². The van der Waals surface area contributed by atoms with Gasteiger partial charge in [-0.2, -0.15) is 4.98 Å². The Labute approximate surface area is 91.8 Å². The van der Waals surface area contributed by atoms with Crippen molar-refractivity contribution in [1.29, 1.82) is 0 Å². The third kappa shape index (κ3) is 4.54. The van der Waals surface area contributed by atoms with E-state index in [1.54, 1.807) is 6.92 Å². The highest BCUT2D eigenvalue weighted by molar-refractivity contribution is 5.76. The van der Waals surface area contributed by atoms with E-state index < -0.39 is 5.97 Å². The van der Waals surface area contributed by atoms with Crippen molar-refractivity contribution in [3.8, 4) is 0 Å². The number of aliphatic carboxylic acids is 1. The highest BCUT2D eigenvalue weighted by atomic mass is 16.5. The van der Waals surface area contributed by atoms with Crippen LogP contribution in [-0.2, 0) is 16.1 Å². The van der Waals surface area contributed by atoms with Crippen LogP contribution in [0.25, 0.3) is 0 Å². The number of rotatable bonds is 6. The zero-order valence-electron chi connectivity index (χ0n) is 8.89. The Balaban J connectivity index is 2.17. The maximum atomic E-state index is 11.2. The molecule has 0 fully saturated rings. The van der Waals surface area contributed by atoms with Crippen molar-refractivity contribution in [2.24, 2.45) is 0 Å². The lowest BCUT2D eigenvalue weighted by Gasteiger charge is -2.00. The molecule has 88 valence electrons. The number of aromatic nitrogens is 2. The van der Waals surface area contributed by atoms with Crippen LogP contribution in [0.3, 0.4) is 0 Å². The van der Waals surface area contributed by atoms with Gasteiger partial charge in [-0.25, -0.2) is 0 Å². The van der Waals surface area contributed by atoms with E-state index in [1.807, 2.05) is 0 Å². The summed E-state index contributed by atoms with van der Waals surface area (Å²) < 4.78 is 4.79. The highest BCUT2D eigenvalue weighted by Crippen LogP contribution is 1.97. The molecule has 0 aliphatic heterocycles. The van der Waals surface area contributed by atoms with Crippen LogP contribution in [0.1, 0.15) is 31.0 Å². The summed E-state index contributed by atoms with van der Waals surface area (Å²) in [6.07, 6.45) is 0.497. The minimum Gasteiger partial charge on any atom is -0.481 e. The normalized spacial score (nSPS) is 10.1. The van der Waals surface area contributed by atoms with Crippen LogP contribution in [0, 0.1) is 6.92 Å². The molecule has 1 heterocycles. The van der Waals surface area contributed by atoms with E-state index in [0.29, 0.717) is 18.1 Å². The van der Waals surface area contributed by atoms with Crippen molar-refractivity contribution in [2.45, 2.75) is 32.7 Å². The van der Waals surface area contributed by atoms with Crippen molar-refractivity contribution >= 4 is 11.9 Å². The van der Waals surface area contributed by atoms with Gasteiger partial charge in [-0.1, -0.05) is 5.16 Å². The Morgan fingerprint density at radius 3 is 2.75 bits per heavy atom. The van der Waals surface area contributed by atoms with E-state index in [-0.39, 0.29) is 25.3 Å². The van der Waals surface area contributed by atoms with Crippen molar-refractivity contribution in [1.82, 2.24) is 15.5 Å². The van der Waals surface area contributed by atoms with E-state index >= 15 is 0 Å². The molecule has 0 unspecified atom stereocenters. The number of nitrogens with zero attached hydrogens (tertiary/aromatic N) is 2. The fourth-order valence-electron chi connectivity index (χ4n) is 1.07. The molecule has 0 saturated carbocycles. The number of aryl methyl sites for hydroxylation is 1. The largest absolute Gasteiger partial charge is 0.481 e. The molecular weight excluding hydrogens is 214 g/mol. The zero-order chi connectivity index (χ0) is 12.0. The minimum atomic E-state index is -0.902. The quantitative estimate of drug-likeness (QED) is 0.721. The Bertz CT molecular complexity index is 375. The molecule has 2 N–H and O–H groups in total. The smallest absolute Gasteiger partial charge is 0.303 e. The molecule has 0 bridgehead atoms. The Kier molecular flexibility index (Phi) is 4.43. The second kappa shape index (κ2) is 5.84. The molecular formula is C9H13N3O4. The van der Waals surface area contributed by atoms with Gasteiger partial charge in [0.25, 0.3) is 0 Å². The molecule has 1 amide bonds. The van der Waals surface area contributed by atoms with Crippen LogP contribution in [0.5, 0.6) is 0 Å². The Morgan fingerprint density at radius 2 is 2.19 bits per heavy atom. The maximum absolute atomic E-state index is 11.2. The third-order valence-electron chi connectivity index (χ3n) is 1.80. The topological polar surface area (TPSA) is 105 Å². The first-order valence-electron chi connectivity index (χ1n) is 4.85. The van der Waals surface area contributed by atoms with Crippen LogP contribution in [0.2, 0.25) is 0 Å². The number of nitrogens with one attached hydrogen (secondary N) is 1. The second-order valence-corrected chi connectivity index (χ2v) is 3.26. The number of hydrogen-bond acceptors (Lipinski definition) is 5. The van der Waals surface area contributed by atoms with Gasteiger partial charge in [-0.15, -0.1) is 0 Å². The summed E-state index contributed by atoms with van der Waals surface area (Å²) in [7, 11) is 0. The number of carbonyl (C=O) groups is 2. The predicted octanol–water partition coefficient (Wildman–Crippen LogP) is 0.249. The lowest BCUT2D eigenvalue weighted by molar-refractivity contribution is -0.137. The average Bonchev–Trinajstić information content (AvgIpc) is 2.61. The van der Waals surface area contributed by atoms with Gasteiger partial charge >= 0.3 is 5.97 Å². The Morgan fingerprint density at radius 1 is 1.44 bits per heavy atom. The molecule has 1 rings (SSSR count). The summed E-state index contributed by atoms with van der Waals surface area (Å²) in [5, 5.41) is 14.5. The molecule has 0 aliphatic carbocycles. The second-order valence-electron chi connectivity index (χ2n) is 3.26. The monoisotopic (exact) mass is 227 g/mol. The lowest BCUT2D eigenvalue weighted by Crippen LogP contribution is -2.22. The number of carboxylic acids is 1. The molecule has 1 aromatic rings. The molecule has 0 aromatic carbocycles. The standard InChI is InChI=1S/C9H13N3O4/c1-6-11-8(16-12-6)5-10-7(13)3-2-4-9(14)15/h2-5H2,1H3,(H,10,13)(H,14,15). The lowest BCUT2D eigenvalue weighted by atomic mass is 10.2. The van der Waals surface area contributed by atoms with E-state index in [9.17, 15) is 9.59 Å². The summed E-state index contributed by atoms with van der Waals surface area (Å²) >= 11 is 0. The number of carbonyl (C=O) groups excluding carboxylic acids is 1. The van der Waals surface area contributed by atoms with Gasteiger partial charge in [0, 0.05) is 12.8 Å². The fourth-order valence-corrected chi connectivity index (χ4v) is 1.07. The molecule has 0 saturated heterocycles. The van der Waals surface area contributed by atoms with Gasteiger partial charge in [-0.3, -0.25) is 9.59 Å². The van der Waals surface area contributed by atoms with Crippen molar-refractivity contribution in [3.63, 3.8) is 0 Å². The summed E-state index contributed by atoms with van der Waals surface area (Å²) in [6.45, 7) is 1.86. The van der Waals surface area contributed by atoms with Gasteiger partial charge < -0.3 is 14.9 Å². The molecule has 0 aliphatic rings. The first-order valence-corrected chi connectivity index (χ1v) is 4.85. The van der Waals surface area contributed by atoms with Crippen LogP contribution in [0.15, 0.2) is 4.52 Å². The summed E-state index contributed by atoms with van der Waals surface area (Å²) in [4.78, 5) is 25.3. The van der Waals surface area contributed by atoms with Crippen molar-refractivity contribution in [2.75, 3.05) is 0 Å². The van der Waals surface area contributed by atoms with Gasteiger partial charge in [0.15, 0.2) is 5.82 Å². The SMILES string of the molecule is Cc1noc(CNC(=O)CCCC(=O)O)n1. The van der Waals surface area contributed by atoms with E-state index in [2.05, 4.69) is 15.5 Å². The van der Waals surface area contributed by atoms with E-state index in [1.165, 1.54) is 0 Å². The first kappa shape index (κ1) is 12.2.